The number of hydrogen-bond acceptors (Lipinski definition) is 3. The summed E-state index contributed by atoms with van der Waals surface area (Å²) in [5, 5.41) is 0. The Kier molecular flexibility index (Phi) is 6.12. The number of hydrogen-bond donors (Lipinski definition) is 1. The molecule has 0 aliphatic carbocycles. The van der Waals surface area contributed by atoms with Crippen molar-refractivity contribution >= 4 is 21.6 Å². The van der Waals surface area contributed by atoms with Crippen molar-refractivity contribution in [2.24, 2.45) is 5.73 Å². The van der Waals surface area contributed by atoms with Crippen molar-refractivity contribution in [2.75, 3.05) is 39.1 Å². The minimum Gasteiger partial charge on any atom is -0.374 e. The summed E-state index contributed by atoms with van der Waals surface area (Å²) in [4.78, 5) is 4.49. The van der Waals surface area contributed by atoms with E-state index in [2.05, 4.69) is 65.1 Å². The Hall–Kier alpha value is -0.580. The van der Waals surface area contributed by atoms with Gasteiger partial charge in [0.15, 0.2) is 0 Å². The average Bonchev–Trinajstić information content (AvgIpc) is 2.27. The molecule has 1 rings (SSSR count). The van der Waals surface area contributed by atoms with Gasteiger partial charge in [-0.3, -0.25) is 0 Å². The number of halogens is 1. The topological polar surface area (TPSA) is 32.5 Å². The zero-order valence-corrected chi connectivity index (χ0v) is 13.4. The molecule has 0 aromatic heterocycles. The van der Waals surface area contributed by atoms with Crippen LogP contribution in [0.25, 0.3) is 0 Å². The van der Waals surface area contributed by atoms with Crippen LogP contribution >= 0.6 is 15.9 Å². The van der Waals surface area contributed by atoms with E-state index < -0.39 is 0 Å². The Balaban J connectivity index is 2.65. The van der Waals surface area contributed by atoms with Gasteiger partial charge in [0, 0.05) is 24.1 Å². The summed E-state index contributed by atoms with van der Waals surface area (Å²) < 4.78 is 1.12. The number of anilines is 1. The number of nitrogens with two attached hydrogens (primary N) is 1. The lowest BCUT2D eigenvalue weighted by atomic mass is 10.1. The maximum atomic E-state index is 5.88. The zero-order chi connectivity index (χ0) is 13.7. The van der Waals surface area contributed by atoms with Crippen molar-refractivity contribution in [3.05, 3.63) is 28.2 Å². The van der Waals surface area contributed by atoms with Crippen LogP contribution in [0.2, 0.25) is 0 Å². The summed E-state index contributed by atoms with van der Waals surface area (Å²) in [6.45, 7) is 4.16. The van der Waals surface area contributed by atoms with Crippen LogP contribution in [0.15, 0.2) is 22.7 Å². The molecule has 0 saturated carbocycles. The van der Waals surface area contributed by atoms with Crippen molar-refractivity contribution in [1.82, 2.24) is 4.90 Å². The van der Waals surface area contributed by atoms with Gasteiger partial charge >= 0.3 is 0 Å². The minimum atomic E-state index is 0.0781. The molecular formula is C14H24BrN3. The Morgan fingerprint density at radius 2 is 1.89 bits per heavy atom. The van der Waals surface area contributed by atoms with Gasteiger partial charge in [-0.15, -0.1) is 0 Å². The van der Waals surface area contributed by atoms with Crippen LogP contribution in [0.5, 0.6) is 0 Å². The first kappa shape index (κ1) is 15.5. The second-order valence-electron chi connectivity index (χ2n) is 5.08. The number of nitrogens with zero attached hydrogens (tertiary/aromatic N) is 2. The molecule has 0 aliphatic rings. The Labute approximate surface area is 119 Å². The number of rotatable bonds is 6. The van der Waals surface area contributed by atoms with E-state index in [0.717, 1.165) is 29.5 Å². The summed E-state index contributed by atoms with van der Waals surface area (Å²) >= 11 is 3.63. The van der Waals surface area contributed by atoms with E-state index in [-0.39, 0.29) is 6.04 Å². The van der Waals surface area contributed by atoms with Crippen LogP contribution in [0.4, 0.5) is 5.69 Å². The molecule has 0 spiro atoms. The van der Waals surface area contributed by atoms with Gasteiger partial charge in [-0.05, 0) is 67.6 Å². The smallest absolute Gasteiger partial charge is 0.0508 e. The molecule has 0 fully saturated rings. The van der Waals surface area contributed by atoms with E-state index in [1.165, 1.54) is 5.69 Å². The van der Waals surface area contributed by atoms with Gasteiger partial charge in [-0.25, -0.2) is 0 Å². The molecule has 4 heteroatoms. The second kappa shape index (κ2) is 7.12. The molecule has 1 atom stereocenters. The lowest BCUT2D eigenvalue weighted by Crippen LogP contribution is -2.23. The molecule has 1 unspecified atom stereocenters. The van der Waals surface area contributed by atoms with E-state index in [0.29, 0.717) is 0 Å². The molecule has 18 heavy (non-hydrogen) atoms. The highest BCUT2D eigenvalue weighted by Crippen LogP contribution is 2.28. The quantitative estimate of drug-likeness (QED) is 0.876. The van der Waals surface area contributed by atoms with Gasteiger partial charge in [0.2, 0.25) is 0 Å². The molecule has 3 nitrogen and oxygen atoms in total. The van der Waals surface area contributed by atoms with Crippen LogP contribution < -0.4 is 10.6 Å². The minimum absolute atomic E-state index is 0.0781. The van der Waals surface area contributed by atoms with Crippen LogP contribution in [-0.4, -0.2) is 39.1 Å². The standard InChI is InChI=1S/C14H24BrN3/c1-11(16)12-6-7-14(13(15)10-12)18(4)9-5-8-17(2)3/h6-7,10-11H,5,8-9,16H2,1-4H3. The zero-order valence-electron chi connectivity index (χ0n) is 11.8. The monoisotopic (exact) mass is 313 g/mol. The first-order valence-corrected chi connectivity index (χ1v) is 7.12. The van der Waals surface area contributed by atoms with Crippen molar-refractivity contribution < 1.29 is 0 Å². The normalized spacial score (nSPS) is 12.8. The van der Waals surface area contributed by atoms with Gasteiger partial charge in [0.05, 0.1) is 5.69 Å². The fourth-order valence-electron chi connectivity index (χ4n) is 1.86. The molecule has 0 aliphatic heterocycles. The lowest BCUT2D eigenvalue weighted by Gasteiger charge is -2.22. The van der Waals surface area contributed by atoms with Gasteiger partial charge in [-0.2, -0.15) is 0 Å². The largest absolute Gasteiger partial charge is 0.374 e. The Bertz CT molecular complexity index is 377. The molecule has 1 aromatic rings. The maximum Gasteiger partial charge on any atom is 0.0508 e. The molecule has 2 N–H and O–H groups in total. The van der Waals surface area contributed by atoms with E-state index in [4.69, 9.17) is 5.73 Å². The summed E-state index contributed by atoms with van der Waals surface area (Å²) in [5.74, 6) is 0. The molecule has 0 radical (unpaired) electrons. The lowest BCUT2D eigenvalue weighted by molar-refractivity contribution is 0.401. The third-order valence-corrected chi connectivity index (χ3v) is 3.64. The SMILES string of the molecule is CC(N)c1ccc(N(C)CCCN(C)C)c(Br)c1. The van der Waals surface area contributed by atoms with Crippen molar-refractivity contribution in [3.63, 3.8) is 0 Å². The molecule has 0 heterocycles. The van der Waals surface area contributed by atoms with E-state index in [9.17, 15) is 0 Å². The Morgan fingerprint density at radius 3 is 2.39 bits per heavy atom. The molecule has 1 aromatic carbocycles. The van der Waals surface area contributed by atoms with E-state index >= 15 is 0 Å². The highest BCUT2D eigenvalue weighted by atomic mass is 79.9. The maximum absolute atomic E-state index is 5.88. The summed E-state index contributed by atoms with van der Waals surface area (Å²) in [5.41, 5.74) is 8.26. The van der Waals surface area contributed by atoms with Gasteiger partial charge in [0.1, 0.15) is 0 Å². The van der Waals surface area contributed by atoms with Crippen LogP contribution in [0, 0.1) is 0 Å². The van der Waals surface area contributed by atoms with E-state index in [1.54, 1.807) is 0 Å². The fraction of sp³-hybridized carbons (Fsp3) is 0.571. The highest BCUT2D eigenvalue weighted by Gasteiger charge is 2.08. The predicted octanol–water partition coefficient (Wildman–Crippen LogP) is 2.86. The summed E-state index contributed by atoms with van der Waals surface area (Å²) in [6.07, 6.45) is 1.16. The highest BCUT2D eigenvalue weighted by molar-refractivity contribution is 9.10. The third-order valence-electron chi connectivity index (χ3n) is 3.01. The van der Waals surface area contributed by atoms with Crippen molar-refractivity contribution in [1.29, 1.82) is 0 Å². The average molecular weight is 314 g/mol. The summed E-state index contributed by atoms with van der Waals surface area (Å²) in [7, 11) is 6.34. The molecule has 0 amide bonds. The third kappa shape index (κ3) is 4.59. The van der Waals surface area contributed by atoms with Gasteiger partial charge in [-0.1, -0.05) is 6.07 Å². The van der Waals surface area contributed by atoms with Crippen LogP contribution in [0.1, 0.15) is 24.9 Å². The summed E-state index contributed by atoms with van der Waals surface area (Å²) in [6, 6.07) is 6.43. The van der Waals surface area contributed by atoms with Crippen LogP contribution in [0.3, 0.4) is 0 Å². The first-order valence-electron chi connectivity index (χ1n) is 6.32. The second-order valence-corrected chi connectivity index (χ2v) is 5.93. The van der Waals surface area contributed by atoms with E-state index in [1.807, 2.05) is 6.92 Å². The molecule has 102 valence electrons. The Morgan fingerprint density at radius 1 is 1.22 bits per heavy atom. The molecule has 0 bridgehead atoms. The first-order chi connectivity index (χ1) is 8.41. The van der Waals surface area contributed by atoms with Crippen molar-refractivity contribution in [2.45, 2.75) is 19.4 Å². The molecular weight excluding hydrogens is 290 g/mol. The van der Waals surface area contributed by atoms with Gasteiger partial charge in [0.25, 0.3) is 0 Å². The predicted molar refractivity (Wildman–Crippen MR) is 83.2 cm³/mol. The van der Waals surface area contributed by atoms with Gasteiger partial charge < -0.3 is 15.5 Å². The van der Waals surface area contributed by atoms with Crippen LogP contribution in [-0.2, 0) is 0 Å². The number of benzene rings is 1. The fourth-order valence-corrected chi connectivity index (χ4v) is 2.56. The van der Waals surface area contributed by atoms with Crippen molar-refractivity contribution in [3.8, 4) is 0 Å². The molecule has 0 saturated heterocycles.